The number of carbonyl (C=O) groups is 1. The van der Waals surface area contributed by atoms with E-state index in [1.54, 1.807) is 0 Å². The minimum Gasteiger partial charge on any atom is -0.438 e. The van der Waals surface area contributed by atoms with Crippen LogP contribution < -0.4 is 0 Å². The minimum absolute atomic E-state index is 0.00389. The number of hydrogen-bond donors (Lipinski definition) is 0. The number of esters is 1. The van der Waals surface area contributed by atoms with Crippen molar-refractivity contribution in [1.29, 1.82) is 0 Å². The van der Waals surface area contributed by atoms with Crippen LogP contribution in [-0.4, -0.2) is 19.4 Å². The lowest BCUT2D eigenvalue weighted by Crippen LogP contribution is -2.35. The molecule has 0 saturated heterocycles. The molecule has 116 valence electrons. The Kier molecular flexibility index (Phi) is 3.56. The third-order valence-electron chi connectivity index (χ3n) is 6.50. The van der Waals surface area contributed by atoms with Gasteiger partial charge < -0.3 is 9.47 Å². The summed E-state index contributed by atoms with van der Waals surface area (Å²) in [5, 5.41) is 0. The monoisotopic (exact) mass is 290 g/mol. The Labute approximate surface area is 127 Å². The lowest BCUT2D eigenvalue weighted by Gasteiger charge is -2.35. The van der Waals surface area contributed by atoms with E-state index in [0.717, 1.165) is 48.9 Å². The fraction of sp³-hybridized carbons (Fsp3) is 0.833. The van der Waals surface area contributed by atoms with Crippen LogP contribution in [0.5, 0.6) is 0 Å². The highest BCUT2D eigenvalue weighted by atomic mass is 16.7. The third kappa shape index (κ3) is 2.16. The average Bonchev–Trinajstić information content (AvgIpc) is 3.24. The summed E-state index contributed by atoms with van der Waals surface area (Å²) < 4.78 is 10.7. The fourth-order valence-electron chi connectivity index (χ4n) is 5.80. The molecular formula is C18H26O3. The number of rotatable bonds is 6. The van der Waals surface area contributed by atoms with Gasteiger partial charge in [0.2, 0.25) is 0 Å². The molecule has 3 saturated carbocycles. The highest BCUT2D eigenvalue weighted by Crippen LogP contribution is 2.67. The molecule has 4 aliphatic rings. The van der Waals surface area contributed by atoms with Crippen LogP contribution in [0.25, 0.3) is 0 Å². The van der Waals surface area contributed by atoms with E-state index in [0.29, 0.717) is 12.5 Å². The maximum absolute atomic E-state index is 12.3. The average molecular weight is 290 g/mol. The van der Waals surface area contributed by atoms with Gasteiger partial charge in [0.25, 0.3) is 0 Å². The number of unbranched alkanes of at least 4 members (excludes halogenated alkanes) is 1. The van der Waals surface area contributed by atoms with Gasteiger partial charge in [0, 0.05) is 0 Å². The van der Waals surface area contributed by atoms with Gasteiger partial charge in [-0.25, -0.2) is 0 Å². The lowest BCUT2D eigenvalue weighted by molar-refractivity contribution is -0.164. The van der Waals surface area contributed by atoms with Crippen LogP contribution in [-0.2, 0) is 14.3 Å². The Balaban J connectivity index is 1.32. The molecule has 3 nitrogen and oxygen atoms in total. The molecule has 4 aliphatic carbocycles. The van der Waals surface area contributed by atoms with Gasteiger partial charge in [-0.05, 0) is 61.2 Å². The number of hydrogen-bond acceptors (Lipinski definition) is 3. The van der Waals surface area contributed by atoms with E-state index in [2.05, 4.69) is 19.1 Å². The van der Waals surface area contributed by atoms with E-state index in [4.69, 9.17) is 9.47 Å². The maximum atomic E-state index is 12.3. The molecule has 4 rings (SSSR count). The Morgan fingerprint density at radius 1 is 1.14 bits per heavy atom. The smallest absolute Gasteiger partial charge is 0.311 e. The van der Waals surface area contributed by atoms with Crippen molar-refractivity contribution in [1.82, 2.24) is 0 Å². The van der Waals surface area contributed by atoms with E-state index in [1.165, 1.54) is 12.8 Å². The van der Waals surface area contributed by atoms with Gasteiger partial charge in [-0.15, -0.1) is 0 Å². The van der Waals surface area contributed by atoms with Crippen molar-refractivity contribution in [2.75, 3.05) is 13.4 Å². The summed E-state index contributed by atoms with van der Waals surface area (Å²) in [5.41, 5.74) is 0. The van der Waals surface area contributed by atoms with Crippen molar-refractivity contribution < 1.29 is 14.3 Å². The van der Waals surface area contributed by atoms with Crippen molar-refractivity contribution in [3.05, 3.63) is 12.2 Å². The summed E-state index contributed by atoms with van der Waals surface area (Å²) in [5.74, 6) is 4.76. The van der Waals surface area contributed by atoms with Crippen LogP contribution in [0.3, 0.4) is 0 Å². The van der Waals surface area contributed by atoms with Gasteiger partial charge in [0.05, 0.1) is 12.5 Å². The largest absolute Gasteiger partial charge is 0.438 e. The molecule has 7 unspecified atom stereocenters. The number of allylic oxidation sites excluding steroid dienone is 2. The normalized spacial score (nSPS) is 45.3. The summed E-state index contributed by atoms with van der Waals surface area (Å²) >= 11 is 0. The van der Waals surface area contributed by atoms with Crippen molar-refractivity contribution >= 4 is 5.97 Å². The topological polar surface area (TPSA) is 35.5 Å². The van der Waals surface area contributed by atoms with Crippen LogP contribution in [0.2, 0.25) is 0 Å². The first-order valence-corrected chi connectivity index (χ1v) is 8.72. The highest BCUT2D eigenvalue weighted by Gasteiger charge is 2.62. The van der Waals surface area contributed by atoms with Gasteiger partial charge in [0.1, 0.15) is 0 Å². The minimum atomic E-state index is 0.00389. The fourth-order valence-corrected chi connectivity index (χ4v) is 5.80. The molecule has 0 radical (unpaired) electrons. The molecule has 0 amide bonds. The maximum Gasteiger partial charge on any atom is 0.311 e. The van der Waals surface area contributed by atoms with Crippen LogP contribution in [0, 0.1) is 41.4 Å². The predicted octanol–water partition coefficient (Wildman–Crippen LogP) is 3.40. The first kappa shape index (κ1) is 13.8. The molecule has 3 fully saturated rings. The SMILES string of the molecule is CCCCOCOC(=O)C1CC2CC1C1C3C=CC(C3)C21. The molecular weight excluding hydrogens is 264 g/mol. The van der Waals surface area contributed by atoms with Gasteiger partial charge >= 0.3 is 5.97 Å². The van der Waals surface area contributed by atoms with Crippen molar-refractivity contribution in [2.24, 2.45) is 41.4 Å². The number of carbonyl (C=O) groups excluding carboxylic acids is 1. The predicted molar refractivity (Wildman–Crippen MR) is 79.2 cm³/mol. The molecule has 0 aromatic heterocycles. The number of ether oxygens (including phenoxy) is 2. The van der Waals surface area contributed by atoms with Crippen LogP contribution in [0.15, 0.2) is 12.2 Å². The van der Waals surface area contributed by atoms with Gasteiger partial charge in [-0.2, -0.15) is 0 Å². The van der Waals surface area contributed by atoms with E-state index in [1.807, 2.05) is 0 Å². The summed E-state index contributed by atoms with van der Waals surface area (Å²) in [4.78, 5) is 12.3. The molecule has 3 heteroatoms. The first-order chi connectivity index (χ1) is 10.3. The Morgan fingerprint density at radius 2 is 1.95 bits per heavy atom. The standard InChI is InChI=1S/C18H26O3/c1-2-3-6-20-10-21-18(19)15-9-13-8-14(15)17-12-5-4-11(7-12)16(13)17/h4-5,11-17H,2-3,6-10H2,1H3. The van der Waals surface area contributed by atoms with Crippen LogP contribution in [0.1, 0.15) is 39.0 Å². The van der Waals surface area contributed by atoms with E-state index < -0.39 is 0 Å². The van der Waals surface area contributed by atoms with Crippen molar-refractivity contribution in [3.8, 4) is 0 Å². The van der Waals surface area contributed by atoms with Gasteiger partial charge in [-0.3, -0.25) is 4.79 Å². The van der Waals surface area contributed by atoms with E-state index >= 15 is 0 Å². The van der Waals surface area contributed by atoms with Gasteiger partial charge in [0.15, 0.2) is 6.79 Å². The molecule has 0 aliphatic heterocycles. The van der Waals surface area contributed by atoms with E-state index in [9.17, 15) is 4.79 Å². The Morgan fingerprint density at radius 3 is 2.76 bits per heavy atom. The van der Waals surface area contributed by atoms with Crippen molar-refractivity contribution in [2.45, 2.75) is 39.0 Å². The summed E-state index contributed by atoms with van der Waals surface area (Å²) in [7, 11) is 0. The Hall–Kier alpha value is -0.830. The molecule has 0 spiro atoms. The van der Waals surface area contributed by atoms with Crippen molar-refractivity contribution in [3.63, 3.8) is 0 Å². The zero-order valence-corrected chi connectivity index (χ0v) is 12.9. The summed E-state index contributed by atoms with van der Waals surface area (Å²) in [6, 6.07) is 0. The molecule has 4 bridgehead atoms. The van der Waals surface area contributed by atoms with Crippen LogP contribution >= 0.6 is 0 Å². The first-order valence-electron chi connectivity index (χ1n) is 8.72. The zero-order chi connectivity index (χ0) is 14.4. The zero-order valence-electron chi connectivity index (χ0n) is 12.9. The second-order valence-electron chi connectivity index (χ2n) is 7.45. The lowest BCUT2D eigenvalue weighted by atomic mass is 9.69. The molecule has 21 heavy (non-hydrogen) atoms. The highest BCUT2D eigenvalue weighted by molar-refractivity contribution is 5.73. The molecule has 7 atom stereocenters. The number of fused-ring (bicyclic) bond motifs is 9. The quantitative estimate of drug-likeness (QED) is 0.247. The molecule has 0 N–H and O–H groups in total. The van der Waals surface area contributed by atoms with Crippen LogP contribution in [0.4, 0.5) is 0 Å². The Bertz CT molecular complexity index is 444. The second-order valence-corrected chi connectivity index (χ2v) is 7.45. The van der Waals surface area contributed by atoms with E-state index in [-0.39, 0.29) is 18.7 Å². The summed E-state index contributed by atoms with van der Waals surface area (Å²) in [6.07, 6.45) is 10.7. The molecule has 0 heterocycles. The molecule has 0 aromatic rings. The van der Waals surface area contributed by atoms with Gasteiger partial charge in [-0.1, -0.05) is 25.5 Å². The summed E-state index contributed by atoms with van der Waals surface area (Å²) in [6.45, 7) is 2.97. The second kappa shape index (κ2) is 5.42. The third-order valence-corrected chi connectivity index (χ3v) is 6.50. The molecule has 0 aromatic carbocycles.